The van der Waals surface area contributed by atoms with Crippen molar-refractivity contribution in [2.24, 2.45) is 0 Å². The van der Waals surface area contributed by atoms with Crippen LogP contribution in [0, 0.1) is 17.1 Å². The van der Waals surface area contributed by atoms with E-state index in [0.717, 1.165) is 0 Å². The van der Waals surface area contributed by atoms with Crippen LogP contribution in [0.15, 0.2) is 22.7 Å². The van der Waals surface area contributed by atoms with Crippen LogP contribution in [0.25, 0.3) is 0 Å². The highest BCUT2D eigenvalue weighted by Gasteiger charge is 2.16. The molecule has 7 heteroatoms. The Morgan fingerprint density at radius 3 is 2.78 bits per heavy atom. The predicted octanol–water partition coefficient (Wildman–Crippen LogP) is 2.31. The first-order valence-corrected chi connectivity index (χ1v) is 7.59. The van der Waals surface area contributed by atoms with Gasteiger partial charge in [-0.3, -0.25) is 0 Å². The third kappa shape index (κ3) is 4.72. The first-order chi connectivity index (χ1) is 8.34. The lowest BCUT2D eigenvalue weighted by molar-refractivity contribution is 0.562. The van der Waals surface area contributed by atoms with Gasteiger partial charge in [-0.05, 0) is 24.6 Å². The highest BCUT2D eigenvalue weighted by atomic mass is 79.9. The summed E-state index contributed by atoms with van der Waals surface area (Å²) in [5.41, 5.74) is 0.466. The highest BCUT2D eigenvalue weighted by molar-refractivity contribution is 9.10. The van der Waals surface area contributed by atoms with E-state index in [9.17, 15) is 12.8 Å². The highest BCUT2D eigenvalue weighted by Crippen LogP contribution is 2.20. The molecule has 1 aromatic rings. The first kappa shape index (κ1) is 15.1. The average molecular weight is 335 g/mol. The zero-order chi connectivity index (χ0) is 13.8. The summed E-state index contributed by atoms with van der Waals surface area (Å²) < 4.78 is 39.2. The van der Waals surface area contributed by atoms with Gasteiger partial charge in [0.2, 0.25) is 10.0 Å². The fraction of sp³-hybridized carbons (Fsp3) is 0.364. The summed E-state index contributed by atoms with van der Waals surface area (Å²) in [5, 5.41) is 8.46. The minimum absolute atomic E-state index is 0.101. The lowest BCUT2D eigenvalue weighted by Gasteiger charge is -2.11. The van der Waals surface area contributed by atoms with Crippen LogP contribution in [0.4, 0.5) is 4.39 Å². The third-order valence-electron chi connectivity index (χ3n) is 2.14. The molecule has 1 N–H and O–H groups in total. The van der Waals surface area contributed by atoms with Crippen molar-refractivity contribution in [3.63, 3.8) is 0 Å². The molecule has 98 valence electrons. The molecule has 1 rings (SSSR count). The molecular weight excluding hydrogens is 323 g/mol. The van der Waals surface area contributed by atoms with Crippen molar-refractivity contribution in [1.82, 2.24) is 4.72 Å². The molecule has 0 aromatic heterocycles. The molecule has 0 amide bonds. The number of nitrogens with one attached hydrogen (secondary N) is 1. The molecular formula is C11H12BrFN2O2S. The minimum atomic E-state index is -3.54. The second-order valence-corrected chi connectivity index (χ2v) is 6.48. The van der Waals surface area contributed by atoms with Gasteiger partial charge in [-0.2, -0.15) is 5.26 Å². The van der Waals surface area contributed by atoms with Gasteiger partial charge >= 0.3 is 0 Å². The van der Waals surface area contributed by atoms with Gasteiger partial charge in [-0.15, -0.1) is 0 Å². The van der Waals surface area contributed by atoms with Crippen molar-refractivity contribution in [2.75, 3.05) is 0 Å². The Morgan fingerprint density at radius 1 is 1.56 bits per heavy atom. The number of benzene rings is 1. The quantitative estimate of drug-likeness (QED) is 0.898. The topological polar surface area (TPSA) is 70.0 Å². The predicted molar refractivity (Wildman–Crippen MR) is 69.6 cm³/mol. The van der Waals surface area contributed by atoms with E-state index in [-0.39, 0.29) is 12.2 Å². The van der Waals surface area contributed by atoms with E-state index < -0.39 is 21.9 Å². The van der Waals surface area contributed by atoms with Crippen LogP contribution in [-0.4, -0.2) is 14.5 Å². The number of nitriles is 1. The van der Waals surface area contributed by atoms with Crippen LogP contribution in [0.1, 0.15) is 18.9 Å². The van der Waals surface area contributed by atoms with Crippen molar-refractivity contribution in [3.8, 4) is 6.07 Å². The largest absolute Gasteiger partial charge is 0.216 e. The number of rotatable bonds is 5. The Labute approximate surface area is 114 Å². The van der Waals surface area contributed by atoms with E-state index in [4.69, 9.17) is 5.26 Å². The van der Waals surface area contributed by atoms with Crippen LogP contribution >= 0.6 is 15.9 Å². The van der Waals surface area contributed by atoms with Crippen molar-refractivity contribution in [2.45, 2.75) is 25.1 Å². The summed E-state index contributed by atoms with van der Waals surface area (Å²) >= 11 is 3.11. The van der Waals surface area contributed by atoms with E-state index in [2.05, 4.69) is 20.7 Å². The molecule has 1 atom stereocenters. The number of hydrogen-bond donors (Lipinski definition) is 1. The molecule has 0 radical (unpaired) electrons. The molecule has 0 aliphatic heterocycles. The molecule has 0 saturated heterocycles. The van der Waals surface area contributed by atoms with Gasteiger partial charge in [0.1, 0.15) is 5.82 Å². The molecule has 0 heterocycles. The lowest BCUT2D eigenvalue weighted by Crippen LogP contribution is -2.33. The van der Waals surface area contributed by atoms with Crippen molar-refractivity contribution in [1.29, 1.82) is 5.26 Å². The third-order valence-corrected chi connectivity index (χ3v) is 4.33. The Hall–Kier alpha value is -0.970. The smallest absolute Gasteiger partial charge is 0.212 e. The molecule has 0 bridgehead atoms. The zero-order valence-corrected chi connectivity index (χ0v) is 12.1. The van der Waals surface area contributed by atoms with Crippen LogP contribution in [0.2, 0.25) is 0 Å². The van der Waals surface area contributed by atoms with E-state index in [0.29, 0.717) is 10.0 Å². The van der Waals surface area contributed by atoms with E-state index in [1.165, 1.54) is 18.2 Å². The van der Waals surface area contributed by atoms with Gasteiger partial charge in [0, 0.05) is 10.5 Å². The molecule has 0 aliphatic rings. The van der Waals surface area contributed by atoms with E-state index >= 15 is 0 Å². The normalized spacial score (nSPS) is 13.0. The van der Waals surface area contributed by atoms with Gasteiger partial charge in [0.25, 0.3) is 0 Å². The summed E-state index contributed by atoms with van der Waals surface area (Å²) in [5.74, 6) is -0.697. The number of nitrogens with zero attached hydrogens (tertiary/aromatic N) is 1. The fourth-order valence-corrected chi connectivity index (χ4v) is 3.49. The number of sulfonamides is 1. The molecule has 18 heavy (non-hydrogen) atoms. The monoisotopic (exact) mass is 334 g/mol. The second kappa shape index (κ2) is 6.27. The SMILES string of the molecule is CC(CC#N)NS(=O)(=O)Cc1ccc(F)cc1Br. The van der Waals surface area contributed by atoms with Crippen LogP contribution in [-0.2, 0) is 15.8 Å². The summed E-state index contributed by atoms with van der Waals surface area (Å²) in [6.45, 7) is 1.61. The van der Waals surface area contributed by atoms with Gasteiger partial charge in [-0.1, -0.05) is 22.0 Å². The summed E-state index contributed by atoms with van der Waals surface area (Å²) in [6.07, 6.45) is 0.101. The standard InChI is InChI=1S/C11H12BrFN2O2S/c1-8(4-5-14)15-18(16,17)7-9-2-3-10(13)6-11(9)12/h2-3,6,8,15H,4,7H2,1H3. The maximum atomic E-state index is 12.9. The van der Waals surface area contributed by atoms with Crippen LogP contribution < -0.4 is 4.72 Å². The molecule has 1 aromatic carbocycles. The van der Waals surface area contributed by atoms with Gasteiger partial charge in [-0.25, -0.2) is 17.5 Å². The van der Waals surface area contributed by atoms with Gasteiger partial charge in [0.15, 0.2) is 0 Å². The van der Waals surface area contributed by atoms with E-state index in [1.807, 2.05) is 6.07 Å². The average Bonchev–Trinajstić information content (AvgIpc) is 2.21. The van der Waals surface area contributed by atoms with Crippen molar-refractivity contribution in [3.05, 3.63) is 34.1 Å². The summed E-state index contributed by atoms with van der Waals surface area (Å²) in [7, 11) is -3.54. The molecule has 0 fully saturated rings. The number of halogens is 2. The van der Waals surface area contributed by atoms with E-state index in [1.54, 1.807) is 6.92 Å². The molecule has 0 saturated carbocycles. The summed E-state index contributed by atoms with van der Waals surface area (Å²) in [6, 6.07) is 5.27. The van der Waals surface area contributed by atoms with Crippen molar-refractivity contribution < 1.29 is 12.8 Å². The van der Waals surface area contributed by atoms with Gasteiger partial charge < -0.3 is 0 Å². The number of hydrogen-bond acceptors (Lipinski definition) is 3. The lowest BCUT2D eigenvalue weighted by atomic mass is 10.2. The Kier molecular flexibility index (Phi) is 5.26. The molecule has 0 aliphatic carbocycles. The van der Waals surface area contributed by atoms with Crippen LogP contribution in [0.5, 0.6) is 0 Å². The molecule has 4 nitrogen and oxygen atoms in total. The zero-order valence-electron chi connectivity index (χ0n) is 9.65. The maximum Gasteiger partial charge on any atom is 0.216 e. The minimum Gasteiger partial charge on any atom is -0.212 e. The Morgan fingerprint density at radius 2 is 2.22 bits per heavy atom. The molecule has 0 spiro atoms. The Bertz CT molecular complexity index is 569. The second-order valence-electron chi connectivity index (χ2n) is 3.88. The maximum absolute atomic E-state index is 12.9. The Balaban J connectivity index is 2.80. The fourth-order valence-electron chi connectivity index (χ4n) is 1.37. The molecule has 1 unspecified atom stereocenters. The van der Waals surface area contributed by atoms with Crippen molar-refractivity contribution >= 4 is 26.0 Å². The summed E-state index contributed by atoms with van der Waals surface area (Å²) in [4.78, 5) is 0. The first-order valence-electron chi connectivity index (χ1n) is 5.15. The van der Waals surface area contributed by atoms with Crippen LogP contribution in [0.3, 0.4) is 0 Å². The van der Waals surface area contributed by atoms with Gasteiger partial charge in [0.05, 0.1) is 18.2 Å².